The average molecular weight is 246 g/mol. The van der Waals surface area contributed by atoms with Gasteiger partial charge in [-0.3, -0.25) is 4.79 Å². The average Bonchev–Trinajstić information content (AvgIpc) is 2.60. The summed E-state index contributed by atoms with van der Waals surface area (Å²) in [4.78, 5) is 22.9. The fourth-order valence-electron chi connectivity index (χ4n) is 2.12. The van der Waals surface area contributed by atoms with Gasteiger partial charge in [0.25, 0.3) is 0 Å². The number of hydrogen-bond donors (Lipinski definition) is 1. The summed E-state index contributed by atoms with van der Waals surface area (Å²) >= 11 is 0. The Labute approximate surface area is 105 Å². The first-order valence-corrected chi connectivity index (χ1v) is 5.61. The molecule has 1 aromatic rings. The number of ether oxygens (including phenoxy) is 1. The van der Waals surface area contributed by atoms with Crippen molar-refractivity contribution in [1.82, 2.24) is 0 Å². The number of rotatable bonds is 2. The molecule has 0 fully saturated rings. The van der Waals surface area contributed by atoms with Gasteiger partial charge in [-0.2, -0.15) is 0 Å². The maximum atomic E-state index is 12.0. The summed E-state index contributed by atoms with van der Waals surface area (Å²) in [6, 6.07) is 5.56. The van der Waals surface area contributed by atoms with E-state index in [9.17, 15) is 9.59 Å². The van der Waals surface area contributed by atoms with Crippen molar-refractivity contribution in [3.05, 3.63) is 46.7 Å². The molecular formula is C14H14O4. The molecule has 0 radical (unpaired) electrons. The SMILES string of the molecule is Cc1cccc(C2(C)OC(C(=O)O)=CC2=O)c1C. The van der Waals surface area contributed by atoms with Crippen LogP contribution in [0.5, 0.6) is 0 Å². The molecule has 0 spiro atoms. The van der Waals surface area contributed by atoms with Crippen molar-refractivity contribution >= 4 is 11.8 Å². The van der Waals surface area contributed by atoms with Crippen molar-refractivity contribution in [3.63, 3.8) is 0 Å². The molecule has 1 aromatic carbocycles. The second-order valence-corrected chi connectivity index (χ2v) is 4.56. The van der Waals surface area contributed by atoms with Crippen LogP contribution >= 0.6 is 0 Å². The van der Waals surface area contributed by atoms with Crippen LogP contribution in [0, 0.1) is 13.8 Å². The molecule has 2 rings (SSSR count). The van der Waals surface area contributed by atoms with Crippen LogP contribution in [-0.4, -0.2) is 16.9 Å². The zero-order valence-corrected chi connectivity index (χ0v) is 10.5. The summed E-state index contributed by atoms with van der Waals surface area (Å²) in [5.74, 6) is -1.87. The molecule has 1 atom stereocenters. The van der Waals surface area contributed by atoms with Gasteiger partial charge in [-0.15, -0.1) is 0 Å². The van der Waals surface area contributed by atoms with E-state index < -0.39 is 11.6 Å². The first kappa shape index (κ1) is 12.4. The van der Waals surface area contributed by atoms with Crippen LogP contribution in [0.15, 0.2) is 30.0 Å². The molecule has 0 bridgehead atoms. The van der Waals surface area contributed by atoms with Crippen molar-refractivity contribution in [2.45, 2.75) is 26.4 Å². The van der Waals surface area contributed by atoms with Crippen LogP contribution in [0.1, 0.15) is 23.6 Å². The van der Waals surface area contributed by atoms with Crippen molar-refractivity contribution in [1.29, 1.82) is 0 Å². The molecule has 94 valence electrons. The van der Waals surface area contributed by atoms with Crippen molar-refractivity contribution in [2.75, 3.05) is 0 Å². The Morgan fingerprint density at radius 1 is 1.33 bits per heavy atom. The molecule has 0 saturated heterocycles. The summed E-state index contributed by atoms with van der Waals surface area (Å²) in [7, 11) is 0. The Bertz CT molecular complexity index is 571. The van der Waals surface area contributed by atoms with Gasteiger partial charge in [-0.25, -0.2) is 4.79 Å². The summed E-state index contributed by atoms with van der Waals surface area (Å²) in [5.41, 5.74) is 1.45. The monoisotopic (exact) mass is 246 g/mol. The van der Waals surface area contributed by atoms with Crippen LogP contribution in [0.25, 0.3) is 0 Å². The quantitative estimate of drug-likeness (QED) is 0.867. The smallest absolute Gasteiger partial charge is 0.371 e. The van der Waals surface area contributed by atoms with E-state index in [1.54, 1.807) is 13.0 Å². The van der Waals surface area contributed by atoms with E-state index in [-0.39, 0.29) is 11.5 Å². The third kappa shape index (κ3) is 1.70. The van der Waals surface area contributed by atoms with E-state index >= 15 is 0 Å². The number of hydrogen-bond acceptors (Lipinski definition) is 3. The van der Waals surface area contributed by atoms with Crippen LogP contribution in [0.4, 0.5) is 0 Å². The second kappa shape index (κ2) is 3.98. The number of benzene rings is 1. The first-order valence-electron chi connectivity index (χ1n) is 5.61. The van der Waals surface area contributed by atoms with E-state index in [4.69, 9.17) is 9.84 Å². The highest BCUT2D eigenvalue weighted by molar-refractivity contribution is 6.05. The third-order valence-electron chi connectivity index (χ3n) is 3.38. The van der Waals surface area contributed by atoms with E-state index in [0.717, 1.165) is 17.2 Å². The number of carboxylic acids is 1. The summed E-state index contributed by atoms with van der Waals surface area (Å²) < 4.78 is 5.36. The van der Waals surface area contributed by atoms with Gasteiger partial charge in [-0.1, -0.05) is 18.2 Å². The Morgan fingerprint density at radius 2 is 2.00 bits per heavy atom. The summed E-state index contributed by atoms with van der Waals surface area (Å²) in [6.07, 6.45) is 1.05. The molecule has 1 aliphatic rings. The van der Waals surface area contributed by atoms with Gasteiger partial charge in [0, 0.05) is 11.6 Å². The largest absolute Gasteiger partial charge is 0.475 e. The molecule has 18 heavy (non-hydrogen) atoms. The molecule has 4 nitrogen and oxygen atoms in total. The zero-order chi connectivity index (χ0) is 13.5. The highest BCUT2D eigenvalue weighted by atomic mass is 16.5. The molecule has 1 heterocycles. The third-order valence-corrected chi connectivity index (χ3v) is 3.38. The first-order chi connectivity index (χ1) is 8.36. The van der Waals surface area contributed by atoms with Crippen LogP contribution in [0.3, 0.4) is 0 Å². The van der Waals surface area contributed by atoms with Crippen molar-refractivity contribution in [3.8, 4) is 0 Å². The molecule has 0 aliphatic carbocycles. The molecule has 1 aliphatic heterocycles. The number of aryl methyl sites for hydroxylation is 1. The maximum Gasteiger partial charge on any atom is 0.371 e. The van der Waals surface area contributed by atoms with Gasteiger partial charge in [0.2, 0.25) is 11.5 Å². The highest BCUT2D eigenvalue weighted by Crippen LogP contribution is 2.37. The van der Waals surface area contributed by atoms with Crippen molar-refractivity contribution in [2.24, 2.45) is 0 Å². The van der Waals surface area contributed by atoms with Crippen LogP contribution < -0.4 is 0 Å². The molecule has 0 aromatic heterocycles. The topological polar surface area (TPSA) is 63.6 Å². The molecule has 1 unspecified atom stereocenters. The lowest BCUT2D eigenvalue weighted by Crippen LogP contribution is -2.31. The van der Waals surface area contributed by atoms with Gasteiger partial charge in [-0.05, 0) is 31.9 Å². The Kier molecular flexibility index (Phi) is 2.73. The molecule has 0 saturated carbocycles. The zero-order valence-electron chi connectivity index (χ0n) is 10.5. The minimum absolute atomic E-state index is 0.302. The van der Waals surface area contributed by atoms with Crippen LogP contribution in [-0.2, 0) is 19.9 Å². The highest BCUT2D eigenvalue weighted by Gasteiger charge is 2.44. The number of carboxylic acid groups (broad SMARTS) is 1. The number of aliphatic carboxylic acids is 1. The fourth-order valence-corrected chi connectivity index (χ4v) is 2.12. The lowest BCUT2D eigenvalue weighted by atomic mass is 9.87. The molecule has 1 N–H and O–H groups in total. The van der Waals surface area contributed by atoms with E-state index in [1.165, 1.54) is 0 Å². The van der Waals surface area contributed by atoms with Gasteiger partial charge in [0.15, 0.2) is 5.60 Å². The minimum Gasteiger partial charge on any atom is -0.475 e. The molecule has 4 heteroatoms. The standard InChI is InChI=1S/C14H14O4/c1-8-5-4-6-10(9(8)2)14(3)12(15)7-11(18-14)13(16)17/h4-7H,1-3H3,(H,16,17). The molecular weight excluding hydrogens is 232 g/mol. The Hall–Kier alpha value is -2.10. The van der Waals surface area contributed by atoms with Gasteiger partial charge < -0.3 is 9.84 Å². The van der Waals surface area contributed by atoms with Crippen LogP contribution in [0.2, 0.25) is 0 Å². The van der Waals surface area contributed by atoms with E-state index in [2.05, 4.69) is 0 Å². The normalized spacial score (nSPS) is 22.6. The number of ketones is 1. The Balaban J connectivity index is 2.49. The van der Waals surface area contributed by atoms with Gasteiger partial charge >= 0.3 is 5.97 Å². The van der Waals surface area contributed by atoms with E-state index in [0.29, 0.717) is 5.56 Å². The fraction of sp³-hybridized carbons (Fsp3) is 0.286. The van der Waals surface area contributed by atoms with Crippen molar-refractivity contribution < 1.29 is 19.4 Å². The number of carbonyl (C=O) groups is 2. The predicted octanol–water partition coefficient (Wildman–Crippen LogP) is 2.09. The lowest BCUT2D eigenvalue weighted by molar-refractivity contribution is -0.141. The van der Waals surface area contributed by atoms with E-state index in [1.807, 2.05) is 26.0 Å². The lowest BCUT2D eigenvalue weighted by Gasteiger charge is -2.26. The predicted molar refractivity (Wildman–Crippen MR) is 65.1 cm³/mol. The Morgan fingerprint density at radius 3 is 2.56 bits per heavy atom. The maximum absolute atomic E-state index is 12.0. The summed E-state index contributed by atoms with van der Waals surface area (Å²) in [5, 5.41) is 8.89. The second-order valence-electron chi connectivity index (χ2n) is 4.56. The summed E-state index contributed by atoms with van der Waals surface area (Å²) in [6.45, 7) is 5.43. The number of carbonyl (C=O) groups excluding carboxylic acids is 1. The van der Waals surface area contributed by atoms with Gasteiger partial charge in [0.1, 0.15) is 0 Å². The van der Waals surface area contributed by atoms with Gasteiger partial charge in [0.05, 0.1) is 0 Å². The minimum atomic E-state index is -1.23. The molecule has 0 amide bonds.